The van der Waals surface area contributed by atoms with Gasteiger partial charge in [-0.15, -0.1) is 0 Å². The minimum absolute atomic E-state index is 0.0502. The molecule has 4 aromatic rings. The fourth-order valence-corrected chi connectivity index (χ4v) is 8.41. The van der Waals surface area contributed by atoms with Gasteiger partial charge in [0.25, 0.3) is 0 Å². The van der Waals surface area contributed by atoms with E-state index in [1.54, 1.807) is 12.3 Å². The summed E-state index contributed by atoms with van der Waals surface area (Å²) in [6, 6.07) is 13.8. The summed E-state index contributed by atoms with van der Waals surface area (Å²) < 4.78 is 27.0. The molecule has 2 aromatic carbocycles. The maximum Gasteiger partial charge on any atom is 0.407 e. The van der Waals surface area contributed by atoms with Crippen LogP contribution in [0.15, 0.2) is 54.7 Å². The van der Waals surface area contributed by atoms with Crippen LogP contribution in [0.1, 0.15) is 69.2 Å². The zero-order chi connectivity index (χ0) is 39.7. The van der Waals surface area contributed by atoms with Gasteiger partial charge < -0.3 is 25.4 Å². The predicted octanol–water partition coefficient (Wildman–Crippen LogP) is 7.66. The van der Waals surface area contributed by atoms with Crippen molar-refractivity contribution in [2.45, 2.75) is 77.5 Å². The number of methoxy groups -OCH3 is 1. The van der Waals surface area contributed by atoms with E-state index in [0.717, 1.165) is 18.5 Å². The lowest BCUT2D eigenvalue weighted by atomic mass is 9.82. The topological polar surface area (TPSA) is 135 Å². The van der Waals surface area contributed by atoms with Crippen LogP contribution in [0.5, 0.6) is 5.88 Å². The first kappa shape index (κ1) is 39.5. The van der Waals surface area contributed by atoms with E-state index in [2.05, 4.69) is 25.8 Å². The Morgan fingerprint density at radius 3 is 2.39 bits per heavy atom. The number of hydrogen-bond acceptors (Lipinski definition) is 8. The highest BCUT2D eigenvalue weighted by Gasteiger charge is 2.33. The Labute approximate surface area is 335 Å². The van der Waals surface area contributed by atoms with E-state index in [4.69, 9.17) is 37.7 Å². The highest BCUT2D eigenvalue weighted by Crippen LogP contribution is 2.43. The van der Waals surface area contributed by atoms with Crippen molar-refractivity contribution in [2.75, 3.05) is 26.8 Å². The molecule has 7 rings (SSSR count). The van der Waals surface area contributed by atoms with E-state index in [0.29, 0.717) is 99.5 Å². The number of nitrogens with one attached hydrogen (secondary N) is 3. The zero-order valence-electron chi connectivity index (χ0n) is 31.8. The lowest BCUT2D eigenvalue weighted by Crippen LogP contribution is -2.41. The summed E-state index contributed by atoms with van der Waals surface area (Å²) in [6.45, 7) is 7.97. The van der Waals surface area contributed by atoms with Crippen LogP contribution >= 0.6 is 23.2 Å². The molecule has 2 saturated heterocycles. The van der Waals surface area contributed by atoms with E-state index in [-0.39, 0.29) is 36.3 Å². The van der Waals surface area contributed by atoms with Crippen molar-refractivity contribution in [3.8, 4) is 39.5 Å². The number of halogens is 3. The average molecular weight is 804 g/mol. The van der Waals surface area contributed by atoms with E-state index in [9.17, 15) is 14.4 Å². The SMILES string of the molecule is COc1nc(-c2cccc(-c3ccnc(-c4cc(F)c5c(c4)CCN(C[C@@H]4CCC(=O)N4)C5)c3Cl)c2Cl)ccc1C(NC(=O)OC[C@@H]1CCC(=O)N1)C(C)(C)C. The second-order valence-electron chi connectivity index (χ2n) is 15.7. The van der Waals surface area contributed by atoms with Crippen LogP contribution in [-0.2, 0) is 27.3 Å². The summed E-state index contributed by atoms with van der Waals surface area (Å²) in [5.74, 6) is 0.0118. The van der Waals surface area contributed by atoms with Gasteiger partial charge in [0.15, 0.2) is 0 Å². The molecule has 5 heterocycles. The molecule has 2 aromatic heterocycles. The Hall–Kier alpha value is -4.78. The minimum Gasteiger partial charge on any atom is -0.481 e. The number of carbonyl (C=O) groups is 3. The molecule has 14 heteroatoms. The van der Waals surface area contributed by atoms with Crippen LogP contribution in [0.25, 0.3) is 33.6 Å². The number of carbonyl (C=O) groups excluding carboxylic acids is 3. The molecule has 0 spiro atoms. The van der Waals surface area contributed by atoms with Crippen LogP contribution < -0.4 is 20.7 Å². The molecular weight excluding hydrogens is 758 g/mol. The smallest absolute Gasteiger partial charge is 0.407 e. The van der Waals surface area contributed by atoms with Gasteiger partial charge in [-0.25, -0.2) is 14.2 Å². The summed E-state index contributed by atoms with van der Waals surface area (Å²) in [5, 5.41) is 9.51. The van der Waals surface area contributed by atoms with Crippen molar-refractivity contribution in [1.82, 2.24) is 30.8 Å². The number of alkyl carbamates (subject to hydrolysis) is 1. The molecule has 294 valence electrons. The number of ether oxygens (including phenoxy) is 2. The van der Waals surface area contributed by atoms with Gasteiger partial charge >= 0.3 is 6.09 Å². The number of nitrogens with zero attached hydrogens (tertiary/aromatic N) is 3. The number of rotatable bonds is 10. The van der Waals surface area contributed by atoms with Gasteiger partial charge in [0, 0.05) is 78.1 Å². The standard InChI is InChI=1S/C42H45Cl2FN6O5/c1-42(2,3)39(50-41(54)56-22-26-9-13-35(53)48-26)30-10-11-33(49-40(30)55-4)29-7-5-6-27(36(29)43)28-14-16-46-38(37(28)44)24-18-23-15-17-51(21-31(23)32(45)19-24)20-25-8-12-34(52)47-25/h5-7,10-11,14,16,18-19,25-26,39H,8-9,12-13,15,17,20-22H2,1-4H3,(H,47,52)(H,48,53)(H,50,54)/t25-,26-,39?/m0/s1. The summed E-state index contributed by atoms with van der Waals surface area (Å²) >= 11 is 14.2. The molecular formula is C42H45Cl2FN6O5. The monoisotopic (exact) mass is 802 g/mol. The molecule has 3 aliphatic heterocycles. The van der Waals surface area contributed by atoms with Crippen LogP contribution in [-0.4, -0.2) is 71.7 Å². The Balaban J connectivity index is 1.13. The molecule has 11 nitrogen and oxygen atoms in total. The molecule has 1 unspecified atom stereocenters. The Bertz CT molecular complexity index is 2180. The Morgan fingerprint density at radius 1 is 0.982 bits per heavy atom. The van der Waals surface area contributed by atoms with Crippen molar-refractivity contribution < 1.29 is 28.2 Å². The molecule has 2 fully saturated rings. The van der Waals surface area contributed by atoms with E-state index in [1.165, 1.54) is 13.2 Å². The van der Waals surface area contributed by atoms with Crippen molar-refractivity contribution in [3.05, 3.63) is 87.3 Å². The molecule has 3 N–H and O–H groups in total. The van der Waals surface area contributed by atoms with Gasteiger partial charge in [0.1, 0.15) is 12.4 Å². The molecule has 0 bridgehead atoms. The van der Waals surface area contributed by atoms with Crippen molar-refractivity contribution in [3.63, 3.8) is 0 Å². The van der Waals surface area contributed by atoms with E-state index < -0.39 is 17.6 Å². The quantitative estimate of drug-likeness (QED) is 0.149. The van der Waals surface area contributed by atoms with Gasteiger partial charge in [-0.2, -0.15) is 0 Å². The molecule has 3 amide bonds. The third-order valence-corrected chi connectivity index (χ3v) is 11.5. The third-order valence-electron chi connectivity index (χ3n) is 10.7. The van der Waals surface area contributed by atoms with Crippen molar-refractivity contribution in [1.29, 1.82) is 0 Å². The molecule has 0 aliphatic carbocycles. The second-order valence-corrected chi connectivity index (χ2v) is 16.5. The molecule has 56 heavy (non-hydrogen) atoms. The fraction of sp³-hybridized carbons (Fsp3) is 0.405. The number of aromatic nitrogens is 2. The summed E-state index contributed by atoms with van der Waals surface area (Å²) in [5.41, 5.74) is 5.22. The molecule has 0 saturated carbocycles. The first-order valence-corrected chi connectivity index (χ1v) is 19.6. The van der Waals surface area contributed by atoms with Crippen molar-refractivity contribution >= 4 is 41.1 Å². The highest BCUT2D eigenvalue weighted by atomic mass is 35.5. The maximum atomic E-state index is 15.8. The van der Waals surface area contributed by atoms with Crippen LogP contribution in [0.2, 0.25) is 10.0 Å². The largest absolute Gasteiger partial charge is 0.481 e. The first-order chi connectivity index (χ1) is 26.8. The Morgan fingerprint density at radius 2 is 1.70 bits per heavy atom. The minimum atomic E-state index is -0.613. The zero-order valence-corrected chi connectivity index (χ0v) is 33.3. The van der Waals surface area contributed by atoms with E-state index >= 15 is 4.39 Å². The predicted molar refractivity (Wildman–Crippen MR) is 213 cm³/mol. The number of hydrogen-bond donors (Lipinski definition) is 3. The number of benzene rings is 2. The average Bonchev–Trinajstić information content (AvgIpc) is 3.79. The van der Waals surface area contributed by atoms with Crippen LogP contribution in [0.4, 0.5) is 9.18 Å². The highest BCUT2D eigenvalue weighted by molar-refractivity contribution is 6.39. The lowest BCUT2D eigenvalue weighted by Gasteiger charge is -2.32. The molecule has 0 radical (unpaired) electrons. The van der Waals surface area contributed by atoms with Gasteiger partial charge in [0.05, 0.1) is 40.6 Å². The van der Waals surface area contributed by atoms with Gasteiger partial charge in [-0.1, -0.05) is 62.2 Å². The van der Waals surface area contributed by atoms with Gasteiger partial charge in [-0.3, -0.25) is 19.5 Å². The maximum absolute atomic E-state index is 15.8. The lowest BCUT2D eigenvalue weighted by molar-refractivity contribution is -0.120. The normalized spacial score (nSPS) is 18.9. The number of pyridine rings is 2. The summed E-state index contributed by atoms with van der Waals surface area (Å²) in [6.07, 6.45) is 4.06. The number of fused-ring (bicyclic) bond motifs is 1. The fourth-order valence-electron chi connectivity index (χ4n) is 7.77. The van der Waals surface area contributed by atoms with E-state index in [1.807, 2.05) is 57.2 Å². The first-order valence-electron chi connectivity index (χ1n) is 18.8. The molecule has 3 aliphatic rings. The summed E-state index contributed by atoms with van der Waals surface area (Å²) in [4.78, 5) is 47.8. The third kappa shape index (κ3) is 8.47. The molecule has 3 atom stereocenters. The second kappa shape index (κ2) is 16.4. The Kier molecular flexibility index (Phi) is 11.5. The van der Waals surface area contributed by atoms with Gasteiger partial charge in [-0.05, 0) is 60.6 Å². The van der Waals surface area contributed by atoms with Gasteiger partial charge in [0.2, 0.25) is 17.7 Å². The van der Waals surface area contributed by atoms with Crippen molar-refractivity contribution in [2.24, 2.45) is 5.41 Å². The number of amides is 3. The van der Waals surface area contributed by atoms with Crippen LogP contribution in [0, 0.1) is 11.2 Å². The van der Waals surface area contributed by atoms with Crippen LogP contribution in [0.3, 0.4) is 0 Å². The summed E-state index contributed by atoms with van der Waals surface area (Å²) in [7, 11) is 1.52.